The molecule has 0 unspecified atom stereocenters. The molecule has 0 atom stereocenters. The fourth-order valence-corrected chi connectivity index (χ4v) is 2.68. The number of thiophene rings is 1. The van der Waals surface area contributed by atoms with Crippen LogP contribution in [0.5, 0.6) is 0 Å². The lowest BCUT2D eigenvalue weighted by molar-refractivity contribution is 0.102. The number of aromatic nitrogens is 2. The zero-order valence-corrected chi connectivity index (χ0v) is 12.0. The first-order chi connectivity index (χ1) is 9.65. The van der Waals surface area contributed by atoms with Crippen molar-refractivity contribution in [2.75, 3.05) is 5.32 Å². The minimum absolute atomic E-state index is 0.153. The van der Waals surface area contributed by atoms with Crippen molar-refractivity contribution in [3.8, 4) is 0 Å². The van der Waals surface area contributed by atoms with Crippen LogP contribution in [0.2, 0.25) is 0 Å². The predicted octanol–water partition coefficient (Wildman–Crippen LogP) is 3.56. The lowest BCUT2D eigenvalue weighted by Gasteiger charge is -2.07. The summed E-state index contributed by atoms with van der Waals surface area (Å²) in [6.45, 7) is 4.02. The number of amides is 1. The van der Waals surface area contributed by atoms with Gasteiger partial charge in [-0.25, -0.2) is 9.97 Å². The molecule has 3 aromatic rings. The summed E-state index contributed by atoms with van der Waals surface area (Å²) in [7, 11) is 0. The number of carbonyl (C=O) groups is 1. The number of fused-ring (bicyclic) bond motifs is 1. The van der Waals surface area contributed by atoms with Crippen LogP contribution in [0, 0.1) is 13.8 Å². The van der Waals surface area contributed by atoms with E-state index in [4.69, 9.17) is 0 Å². The fraction of sp³-hybridized carbons (Fsp3) is 0.133. The van der Waals surface area contributed by atoms with E-state index in [2.05, 4.69) is 15.3 Å². The Labute approximate surface area is 120 Å². The van der Waals surface area contributed by atoms with E-state index in [0.29, 0.717) is 11.4 Å². The van der Waals surface area contributed by atoms with Crippen molar-refractivity contribution in [3.63, 3.8) is 0 Å². The first-order valence-corrected chi connectivity index (χ1v) is 7.10. The van der Waals surface area contributed by atoms with Crippen LogP contribution >= 0.6 is 11.3 Å². The maximum absolute atomic E-state index is 12.3. The van der Waals surface area contributed by atoms with E-state index in [1.165, 1.54) is 23.2 Å². The molecule has 5 heteroatoms. The normalized spacial score (nSPS) is 10.7. The summed E-state index contributed by atoms with van der Waals surface area (Å²) in [6, 6.07) is 7.57. The average molecular weight is 283 g/mol. The van der Waals surface area contributed by atoms with Gasteiger partial charge >= 0.3 is 0 Å². The van der Waals surface area contributed by atoms with E-state index >= 15 is 0 Å². The summed E-state index contributed by atoms with van der Waals surface area (Å²) >= 11 is 1.53. The Morgan fingerprint density at radius 2 is 2.00 bits per heavy atom. The standard InChI is InChI=1S/C15H13N3OS/c1-9-3-4-11(7-10(9)2)14(19)18-13-12-5-6-20-15(12)17-8-16-13/h3-8H,1-2H3,(H,16,17,18,19). The van der Waals surface area contributed by atoms with Gasteiger partial charge in [0.05, 0.1) is 5.39 Å². The second kappa shape index (κ2) is 5.02. The summed E-state index contributed by atoms with van der Waals surface area (Å²) < 4.78 is 0. The highest BCUT2D eigenvalue weighted by Crippen LogP contribution is 2.24. The molecule has 0 saturated carbocycles. The van der Waals surface area contributed by atoms with Crippen LogP contribution < -0.4 is 5.32 Å². The van der Waals surface area contributed by atoms with Crippen LogP contribution in [-0.2, 0) is 0 Å². The molecular formula is C15H13N3OS. The van der Waals surface area contributed by atoms with E-state index < -0.39 is 0 Å². The molecule has 0 radical (unpaired) electrons. The lowest BCUT2D eigenvalue weighted by Crippen LogP contribution is -2.13. The van der Waals surface area contributed by atoms with E-state index in [1.54, 1.807) is 0 Å². The second-order valence-electron chi connectivity index (χ2n) is 4.61. The minimum atomic E-state index is -0.153. The maximum atomic E-state index is 12.3. The number of nitrogens with zero attached hydrogens (tertiary/aromatic N) is 2. The zero-order valence-electron chi connectivity index (χ0n) is 11.2. The molecule has 1 N–H and O–H groups in total. The zero-order chi connectivity index (χ0) is 14.1. The number of benzene rings is 1. The highest BCUT2D eigenvalue weighted by atomic mass is 32.1. The molecule has 0 bridgehead atoms. The quantitative estimate of drug-likeness (QED) is 0.782. The molecule has 0 aliphatic carbocycles. The molecule has 0 saturated heterocycles. The van der Waals surface area contributed by atoms with Gasteiger partial charge in [-0.1, -0.05) is 6.07 Å². The molecule has 100 valence electrons. The Bertz CT molecular complexity index is 795. The Kier molecular flexibility index (Phi) is 3.20. The number of hydrogen-bond acceptors (Lipinski definition) is 4. The van der Waals surface area contributed by atoms with E-state index in [-0.39, 0.29) is 5.91 Å². The van der Waals surface area contributed by atoms with Gasteiger partial charge in [0.1, 0.15) is 17.0 Å². The molecule has 0 spiro atoms. The number of aryl methyl sites for hydroxylation is 2. The summed E-state index contributed by atoms with van der Waals surface area (Å²) in [4.78, 5) is 21.5. The molecule has 1 aromatic carbocycles. The SMILES string of the molecule is Cc1ccc(C(=O)Nc2ncnc3sccc23)cc1C. The fourth-order valence-electron chi connectivity index (χ4n) is 1.95. The number of anilines is 1. The first kappa shape index (κ1) is 12.7. The summed E-state index contributed by atoms with van der Waals surface area (Å²) in [6.07, 6.45) is 1.47. The molecule has 0 aliphatic heterocycles. The monoisotopic (exact) mass is 283 g/mol. The van der Waals surface area contributed by atoms with E-state index in [0.717, 1.165) is 15.8 Å². The van der Waals surface area contributed by atoms with Gasteiger partial charge in [0.25, 0.3) is 5.91 Å². The van der Waals surface area contributed by atoms with Crippen molar-refractivity contribution in [3.05, 3.63) is 52.7 Å². The van der Waals surface area contributed by atoms with Gasteiger partial charge < -0.3 is 5.32 Å². The van der Waals surface area contributed by atoms with Crippen molar-refractivity contribution in [1.29, 1.82) is 0 Å². The maximum Gasteiger partial charge on any atom is 0.256 e. The molecule has 2 aromatic heterocycles. The Hall–Kier alpha value is -2.27. The van der Waals surface area contributed by atoms with Gasteiger partial charge in [-0.15, -0.1) is 11.3 Å². The van der Waals surface area contributed by atoms with E-state index in [1.807, 2.05) is 43.5 Å². The van der Waals surface area contributed by atoms with Crippen molar-refractivity contribution in [2.24, 2.45) is 0 Å². The van der Waals surface area contributed by atoms with Gasteiger partial charge in [0.2, 0.25) is 0 Å². The highest BCUT2D eigenvalue weighted by Gasteiger charge is 2.11. The molecule has 1 amide bonds. The predicted molar refractivity (Wildman–Crippen MR) is 81.3 cm³/mol. The summed E-state index contributed by atoms with van der Waals surface area (Å²) in [5.74, 6) is 0.402. The highest BCUT2D eigenvalue weighted by molar-refractivity contribution is 7.16. The van der Waals surface area contributed by atoms with Crippen LogP contribution in [0.3, 0.4) is 0 Å². The molecular weight excluding hydrogens is 270 g/mol. The number of rotatable bonds is 2. The molecule has 4 nitrogen and oxygen atoms in total. The smallest absolute Gasteiger partial charge is 0.256 e. The average Bonchev–Trinajstić information content (AvgIpc) is 2.91. The van der Waals surface area contributed by atoms with Gasteiger partial charge in [-0.05, 0) is 48.6 Å². The van der Waals surface area contributed by atoms with Crippen molar-refractivity contribution in [1.82, 2.24) is 9.97 Å². The third-order valence-corrected chi connectivity index (χ3v) is 4.08. The van der Waals surface area contributed by atoms with Crippen LogP contribution in [-0.4, -0.2) is 15.9 Å². The van der Waals surface area contributed by atoms with E-state index in [9.17, 15) is 4.79 Å². The first-order valence-electron chi connectivity index (χ1n) is 6.22. The third kappa shape index (κ3) is 2.28. The molecule has 0 aliphatic rings. The van der Waals surface area contributed by atoms with Gasteiger partial charge in [0.15, 0.2) is 0 Å². The molecule has 0 fully saturated rings. The summed E-state index contributed by atoms with van der Waals surface area (Å²) in [5, 5.41) is 5.66. The van der Waals surface area contributed by atoms with Crippen LogP contribution in [0.25, 0.3) is 10.2 Å². The third-order valence-electron chi connectivity index (χ3n) is 3.26. The lowest BCUT2D eigenvalue weighted by atomic mass is 10.1. The number of carbonyl (C=O) groups excluding carboxylic acids is 1. The van der Waals surface area contributed by atoms with Crippen molar-refractivity contribution in [2.45, 2.75) is 13.8 Å². The number of nitrogens with one attached hydrogen (secondary N) is 1. The van der Waals surface area contributed by atoms with Crippen LogP contribution in [0.1, 0.15) is 21.5 Å². The minimum Gasteiger partial charge on any atom is -0.306 e. The Balaban J connectivity index is 1.92. The molecule has 20 heavy (non-hydrogen) atoms. The van der Waals surface area contributed by atoms with Gasteiger partial charge in [-0.2, -0.15) is 0 Å². The topological polar surface area (TPSA) is 54.9 Å². The molecule has 3 rings (SSSR count). The van der Waals surface area contributed by atoms with Crippen LogP contribution in [0.4, 0.5) is 5.82 Å². The van der Waals surface area contributed by atoms with Gasteiger partial charge in [-0.3, -0.25) is 4.79 Å². The Morgan fingerprint density at radius 3 is 2.80 bits per heavy atom. The van der Waals surface area contributed by atoms with Crippen molar-refractivity contribution >= 4 is 33.3 Å². The largest absolute Gasteiger partial charge is 0.306 e. The molecule has 2 heterocycles. The Morgan fingerprint density at radius 1 is 1.15 bits per heavy atom. The number of hydrogen-bond donors (Lipinski definition) is 1. The van der Waals surface area contributed by atoms with Crippen molar-refractivity contribution < 1.29 is 4.79 Å². The summed E-state index contributed by atoms with van der Waals surface area (Å²) in [5.41, 5.74) is 2.90. The second-order valence-corrected chi connectivity index (χ2v) is 5.51. The van der Waals surface area contributed by atoms with Crippen LogP contribution in [0.15, 0.2) is 36.0 Å². The van der Waals surface area contributed by atoms with Gasteiger partial charge in [0, 0.05) is 5.56 Å².